The molecule has 0 bridgehead atoms. The first-order valence-electron chi connectivity index (χ1n) is 7.97. The van der Waals surface area contributed by atoms with Crippen LogP contribution in [-0.4, -0.2) is 37.4 Å². The minimum Gasteiger partial charge on any atom is -0.490 e. The molecule has 2 aromatic rings. The van der Waals surface area contributed by atoms with Gasteiger partial charge >= 0.3 is 0 Å². The van der Waals surface area contributed by atoms with E-state index in [1.807, 2.05) is 13.0 Å². The standard InChI is InChI=1S/C19H19Cl2NO4/c1-3-25-18-9-14(11-23)5-7-17(18)26-12-19(24)22(2)10-13-4-6-15(20)16(21)8-13/h4-9,11H,3,10,12H2,1-2H3. The predicted octanol–water partition coefficient (Wildman–Crippen LogP) is 4.24. The molecule has 0 saturated carbocycles. The maximum Gasteiger partial charge on any atom is 0.260 e. The molecule has 0 atom stereocenters. The van der Waals surface area contributed by atoms with E-state index in [4.69, 9.17) is 32.7 Å². The average molecular weight is 396 g/mol. The highest BCUT2D eigenvalue weighted by atomic mass is 35.5. The van der Waals surface area contributed by atoms with Gasteiger partial charge in [-0.25, -0.2) is 0 Å². The van der Waals surface area contributed by atoms with E-state index in [2.05, 4.69) is 0 Å². The van der Waals surface area contributed by atoms with E-state index in [0.717, 1.165) is 11.8 Å². The lowest BCUT2D eigenvalue weighted by molar-refractivity contribution is -0.132. The van der Waals surface area contributed by atoms with Gasteiger partial charge in [-0.2, -0.15) is 0 Å². The fraction of sp³-hybridized carbons (Fsp3) is 0.263. The molecule has 0 spiro atoms. The zero-order valence-corrected chi connectivity index (χ0v) is 16.0. The van der Waals surface area contributed by atoms with Crippen LogP contribution in [0.5, 0.6) is 11.5 Å². The van der Waals surface area contributed by atoms with Crippen LogP contribution >= 0.6 is 23.2 Å². The number of aldehydes is 1. The molecule has 26 heavy (non-hydrogen) atoms. The number of carbonyl (C=O) groups excluding carboxylic acids is 2. The summed E-state index contributed by atoms with van der Waals surface area (Å²) in [5.74, 6) is 0.628. The Morgan fingerprint density at radius 2 is 1.85 bits per heavy atom. The van der Waals surface area contributed by atoms with Gasteiger partial charge in [0, 0.05) is 19.2 Å². The van der Waals surface area contributed by atoms with Crippen LogP contribution in [0, 0.1) is 0 Å². The monoisotopic (exact) mass is 395 g/mol. The Morgan fingerprint density at radius 1 is 1.08 bits per heavy atom. The normalized spacial score (nSPS) is 10.3. The van der Waals surface area contributed by atoms with Crippen molar-refractivity contribution in [3.8, 4) is 11.5 Å². The Kier molecular flexibility index (Phi) is 7.30. The first-order valence-corrected chi connectivity index (χ1v) is 8.73. The van der Waals surface area contributed by atoms with Gasteiger partial charge in [-0.1, -0.05) is 29.3 Å². The van der Waals surface area contributed by atoms with Crippen molar-refractivity contribution in [1.29, 1.82) is 0 Å². The summed E-state index contributed by atoms with van der Waals surface area (Å²) in [6.07, 6.45) is 0.725. The maximum absolute atomic E-state index is 12.3. The van der Waals surface area contributed by atoms with Gasteiger partial charge in [-0.15, -0.1) is 0 Å². The third-order valence-corrected chi connectivity index (χ3v) is 4.32. The van der Waals surface area contributed by atoms with E-state index in [1.54, 1.807) is 37.4 Å². The summed E-state index contributed by atoms with van der Waals surface area (Å²) >= 11 is 11.9. The van der Waals surface area contributed by atoms with Crippen LogP contribution in [0.15, 0.2) is 36.4 Å². The number of ether oxygens (including phenoxy) is 2. The molecule has 7 heteroatoms. The average Bonchev–Trinajstić information content (AvgIpc) is 2.63. The van der Waals surface area contributed by atoms with Gasteiger partial charge in [-0.05, 0) is 42.8 Å². The Labute approximate surface area is 162 Å². The minimum absolute atomic E-state index is 0.154. The van der Waals surface area contributed by atoms with E-state index in [0.29, 0.717) is 40.3 Å². The fourth-order valence-corrected chi connectivity index (χ4v) is 2.56. The Hall–Kier alpha value is -2.24. The van der Waals surface area contributed by atoms with E-state index in [9.17, 15) is 9.59 Å². The van der Waals surface area contributed by atoms with Crippen molar-refractivity contribution in [2.24, 2.45) is 0 Å². The molecule has 1 amide bonds. The molecule has 0 fully saturated rings. The van der Waals surface area contributed by atoms with Gasteiger partial charge in [0.1, 0.15) is 6.29 Å². The molecule has 0 radical (unpaired) electrons. The molecule has 138 valence electrons. The van der Waals surface area contributed by atoms with Gasteiger partial charge in [-0.3, -0.25) is 9.59 Å². The molecule has 0 N–H and O–H groups in total. The molecule has 0 saturated heterocycles. The molecule has 5 nitrogen and oxygen atoms in total. The second kappa shape index (κ2) is 9.46. The maximum atomic E-state index is 12.3. The summed E-state index contributed by atoms with van der Waals surface area (Å²) < 4.78 is 11.0. The fourth-order valence-electron chi connectivity index (χ4n) is 2.24. The van der Waals surface area contributed by atoms with E-state index in [-0.39, 0.29) is 12.5 Å². The second-order valence-electron chi connectivity index (χ2n) is 5.54. The van der Waals surface area contributed by atoms with Crippen LogP contribution in [0.25, 0.3) is 0 Å². The van der Waals surface area contributed by atoms with Crippen molar-refractivity contribution in [1.82, 2.24) is 4.90 Å². The molecular formula is C19H19Cl2NO4. The van der Waals surface area contributed by atoms with Crippen molar-refractivity contribution in [3.63, 3.8) is 0 Å². The van der Waals surface area contributed by atoms with Crippen LogP contribution in [0.1, 0.15) is 22.8 Å². The first kappa shape index (κ1) is 20.1. The van der Waals surface area contributed by atoms with Crippen LogP contribution < -0.4 is 9.47 Å². The molecule has 0 aliphatic heterocycles. The van der Waals surface area contributed by atoms with Gasteiger partial charge in [0.05, 0.1) is 16.7 Å². The van der Waals surface area contributed by atoms with Crippen molar-refractivity contribution < 1.29 is 19.1 Å². The number of rotatable bonds is 8. The number of amides is 1. The zero-order valence-electron chi connectivity index (χ0n) is 14.5. The summed E-state index contributed by atoms with van der Waals surface area (Å²) in [5.41, 5.74) is 1.34. The summed E-state index contributed by atoms with van der Waals surface area (Å²) in [7, 11) is 1.67. The molecule has 0 heterocycles. The van der Waals surface area contributed by atoms with E-state index >= 15 is 0 Å². The number of nitrogens with zero attached hydrogens (tertiary/aromatic N) is 1. The SMILES string of the molecule is CCOc1cc(C=O)ccc1OCC(=O)N(C)Cc1ccc(Cl)c(Cl)c1. The van der Waals surface area contributed by atoms with E-state index < -0.39 is 0 Å². The zero-order chi connectivity index (χ0) is 19.1. The number of hydrogen-bond acceptors (Lipinski definition) is 4. The number of benzene rings is 2. The van der Waals surface area contributed by atoms with Crippen LogP contribution in [0.4, 0.5) is 0 Å². The quantitative estimate of drug-likeness (QED) is 0.627. The Morgan fingerprint density at radius 3 is 2.50 bits per heavy atom. The Bertz CT molecular complexity index is 795. The number of likely N-dealkylation sites (N-methyl/N-ethyl adjacent to an activating group) is 1. The van der Waals surface area contributed by atoms with Gasteiger partial charge in [0.25, 0.3) is 5.91 Å². The molecule has 0 aliphatic rings. The van der Waals surface area contributed by atoms with Gasteiger partial charge in [0.15, 0.2) is 18.1 Å². The highest BCUT2D eigenvalue weighted by Gasteiger charge is 2.13. The summed E-state index contributed by atoms with van der Waals surface area (Å²) in [4.78, 5) is 24.7. The second-order valence-corrected chi connectivity index (χ2v) is 6.36. The molecular weight excluding hydrogens is 377 g/mol. The van der Waals surface area contributed by atoms with Crippen molar-refractivity contribution in [2.75, 3.05) is 20.3 Å². The first-order chi connectivity index (χ1) is 12.4. The third kappa shape index (κ3) is 5.38. The Balaban J connectivity index is 1.98. The number of halogens is 2. The van der Waals surface area contributed by atoms with Gasteiger partial charge < -0.3 is 14.4 Å². The molecule has 2 rings (SSSR count). The smallest absolute Gasteiger partial charge is 0.260 e. The molecule has 0 aliphatic carbocycles. The summed E-state index contributed by atoms with van der Waals surface area (Å²) in [6.45, 7) is 2.47. The van der Waals surface area contributed by atoms with E-state index in [1.165, 1.54) is 4.90 Å². The topological polar surface area (TPSA) is 55.8 Å². The molecule has 2 aromatic carbocycles. The predicted molar refractivity (Wildman–Crippen MR) is 101 cm³/mol. The van der Waals surface area contributed by atoms with Crippen LogP contribution in [0.2, 0.25) is 10.0 Å². The van der Waals surface area contributed by atoms with Crippen molar-refractivity contribution >= 4 is 35.4 Å². The highest BCUT2D eigenvalue weighted by molar-refractivity contribution is 6.42. The lowest BCUT2D eigenvalue weighted by Gasteiger charge is -2.18. The molecule has 0 aromatic heterocycles. The number of hydrogen-bond donors (Lipinski definition) is 0. The van der Waals surface area contributed by atoms with Crippen LogP contribution in [0.3, 0.4) is 0 Å². The third-order valence-electron chi connectivity index (χ3n) is 3.58. The minimum atomic E-state index is -0.210. The summed E-state index contributed by atoms with van der Waals surface area (Å²) in [5, 5.41) is 0.910. The largest absolute Gasteiger partial charge is 0.490 e. The highest BCUT2D eigenvalue weighted by Crippen LogP contribution is 2.28. The van der Waals surface area contributed by atoms with Crippen molar-refractivity contribution in [2.45, 2.75) is 13.5 Å². The molecule has 0 unspecified atom stereocenters. The van der Waals surface area contributed by atoms with Gasteiger partial charge in [0.2, 0.25) is 0 Å². The lowest BCUT2D eigenvalue weighted by atomic mass is 10.2. The lowest BCUT2D eigenvalue weighted by Crippen LogP contribution is -2.31. The van der Waals surface area contributed by atoms with Crippen LogP contribution in [-0.2, 0) is 11.3 Å². The number of carbonyl (C=O) groups is 2. The summed E-state index contributed by atoms with van der Waals surface area (Å²) in [6, 6.07) is 10.0. The van der Waals surface area contributed by atoms with Crippen molar-refractivity contribution in [3.05, 3.63) is 57.6 Å².